The molecule has 1 aromatic carbocycles. The minimum absolute atomic E-state index is 0.0924. The number of benzene rings is 1. The van der Waals surface area contributed by atoms with Gasteiger partial charge in [0.2, 0.25) is 0 Å². The number of hydrogen-bond acceptors (Lipinski definition) is 4. The third kappa shape index (κ3) is 2.04. The van der Waals surface area contributed by atoms with Crippen LogP contribution in [-0.2, 0) is 12.5 Å². The Kier molecular flexibility index (Phi) is 3.06. The van der Waals surface area contributed by atoms with Gasteiger partial charge in [0.25, 0.3) is 0 Å². The second-order valence-electron chi connectivity index (χ2n) is 5.25. The van der Waals surface area contributed by atoms with E-state index in [1.807, 2.05) is 7.05 Å². The normalized spacial score (nSPS) is 18.4. The Morgan fingerprint density at radius 3 is 2.58 bits per heavy atom. The second kappa shape index (κ2) is 4.74. The predicted octanol–water partition coefficient (Wildman–Crippen LogP) is 1.19. The van der Waals surface area contributed by atoms with Gasteiger partial charge in [-0.15, -0.1) is 10.2 Å². The molecule has 19 heavy (non-hydrogen) atoms. The standard InChI is InChI=1S/C14H19N5/c1-11-5-3-4-6-12(11)14(7-9-15-10-8-14)13-16-18-19(2)17-13/h3-6,15H,7-10H2,1-2H3. The lowest BCUT2D eigenvalue weighted by molar-refractivity contribution is 0.343. The highest BCUT2D eigenvalue weighted by molar-refractivity contribution is 5.39. The van der Waals surface area contributed by atoms with E-state index in [0.29, 0.717) is 0 Å². The van der Waals surface area contributed by atoms with Gasteiger partial charge >= 0.3 is 0 Å². The van der Waals surface area contributed by atoms with Crippen molar-refractivity contribution in [3.63, 3.8) is 0 Å². The van der Waals surface area contributed by atoms with Crippen molar-refractivity contribution in [1.82, 2.24) is 25.5 Å². The average molecular weight is 257 g/mol. The molecule has 3 rings (SSSR count). The fraction of sp³-hybridized carbons (Fsp3) is 0.500. The topological polar surface area (TPSA) is 55.6 Å². The van der Waals surface area contributed by atoms with Crippen LogP contribution in [0.5, 0.6) is 0 Å². The summed E-state index contributed by atoms with van der Waals surface area (Å²) in [5, 5.41) is 16.2. The van der Waals surface area contributed by atoms with Crippen molar-refractivity contribution in [2.24, 2.45) is 7.05 Å². The summed E-state index contributed by atoms with van der Waals surface area (Å²) >= 11 is 0. The summed E-state index contributed by atoms with van der Waals surface area (Å²) in [5.74, 6) is 0.853. The number of rotatable bonds is 2. The minimum atomic E-state index is -0.0924. The molecule has 1 saturated heterocycles. The quantitative estimate of drug-likeness (QED) is 0.878. The van der Waals surface area contributed by atoms with Crippen LogP contribution in [0.4, 0.5) is 0 Å². The molecule has 0 amide bonds. The molecule has 5 heteroatoms. The van der Waals surface area contributed by atoms with E-state index >= 15 is 0 Å². The van der Waals surface area contributed by atoms with Gasteiger partial charge in [-0.3, -0.25) is 0 Å². The number of piperidine rings is 1. The first-order valence-corrected chi connectivity index (χ1v) is 6.74. The highest BCUT2D eigenvalue weighted by Gasteiger charge is 2.40. The molecule has 1 aliphatic heterocycles. The SMILES string of the molecule is Cc1ccccc1C1(c2nnn(C)n2)CCNCC1. The molecule has 1 fully saturated rings. The summed E-state index contributed by atoms with van der Waals surface area (Å²) in [4.78, 5) is 1.55. The zero-order chi connectivity index (χ0) is 13.3. The molecule has 2 aromatic rings. The van der Waals surface area contributed by atoms with E-state index in [-0.39, 0.29) is 5.41 Å². The molecule has 0 spiro atoms. The fourth-order valence-electron chi connectivity index (χ4n) is 3.05. The van der Waals surface area contributed by atoms with Crippen molar-refractivity contribution in [2.75, 3.05) is 13.1 Å². The van der Waals surface area contributed by atoms with Crippen molar-refractivity contribution in [1.29, 1.82) is 0 Å². The zero-order valence-corrected chi connectivity index (χ0v) is 11.4. The van der Waals surface area contributed by atoms with Crippen LogP contribution in [0.25, 0.3) is 0 Å². The van der Waals surface area contributed by atoms with E-state index < -0.39 is 0 Å². The summed E-state index contributed by atoms with van der Waals surface area (Å²) in [7, 11) is 1.82. The first kappa shape index (κ1) is 12.3. The molecular formula is C14H19N5. The van der Waals surface area contributed by atoms with Crippen molar-refractivity contribution < 1.29 is 0 Å². The maximum Gasteiger partial charge on any atom is 0.185 e. The first-order valence-electron chi connectivity index (χ1n) is 6.74. The summed E-state index contributed by atoms with van der Waals surface area (Å²) < 4.78 is 0. The Labute approximate surface area is 113 Å². The number of nitrogens with zero attached hydrogens (tertiary/aromatic N) is 4. The van der Waals surface area contributed by atoms with E-state index in [2.05, 4.69) is 51.9 Å². The highest BCUT2D eigenvalue weighted by Crippen LogP contribution is 2.39. The molecule has 1 aromatic heterocycles. The predicted molar refractivity (Wildman–Crippen MR) is 72.9 cm³/mol. The van der Waals surface area contributed by atoms with Gasteiger partial charge in [-0.2, -0.15) is 4.80 Å². The second-order valence-corrected chi connectivity index (χ2v) is 5.25. The maximum absolute atomic E-state index is 4.49. The lowest BCUT2D eigenvalue weighted by atomic mass is 9.71. The molecule has 5 nitrogen and oxygen atoms in total. The van der Waals surface area contributed by atoms with Gasteiger partial charge in [-0.05, 0) is 49.2 Å². The summed E-state index contributed by atoms with van der Waals surface area (Å²) in [5.41, 5.74) is 2.55. The number of aromatic nitrogens is 4. The Hall–Kier alpha value is -1.75. The van der Waals surface area contributed by atoms with Gasteiger partial charge in [0.1, 0.15) is 0 Å². The summed E-state index contributed by atoms with van der Waals surface area (Å²) in [6.45, 7) is 4.15. The molecule has 0 radical (unpaired) electrons. The van der Waals surface area contributed by atoms with Crippen LogP contribution in [-0.4, -0.2) is 33.3 Å². The molecule has 0 atom stereocenters. The van der Waals surface area contributed by atoms with E-state index in [0.717, 1.165) is 31.8 Å². The van der Waals surface area contributed by atoms with Crippen molar-refractivity contribution in [2.45, 2.75) is 25.2 Å². The largest absolute Gasteiger partial charge is 0.317 e. The van der Waals surface area contributed by atoms with Crippen LogP contribution in [0.3, 0.4) is 0 Å². The molecule has 1 N–H and O–H groups in total. The first-order chi connectivity index (χ1) is 9.22. The lowest BCUT2D eigenvalue weighted by Crippen LogP contribution is -2.42. The fourth-order valence-corrected chi connectivity index (χ4v) is 3.05. The zero-order valence-electron chi connectivity index (χ0n) is 11.4. The summed E-state index contributed by atoms with van der Waals surface area (Å²) in [6, 6.07) is 8.55. The van der Waals surface area contributed by atoms with Gasteiger partial charge in [0.05, 0.1) is 12.5 Å². The highest BCUT2D eigenvalue weighted by atomic mass is 15.6. The van der Waals surface area contributed by atoms with Gasteiger partial charge in [-0.25, -0.2) is 0 Å². The average Bonchev–Trinajstić information content (AvgIpc) is 2.87. The maximum atomic E-state index is 4.49. The number of aryl methyl sites for hydroxylation is 2. The molecule has 0 unspecified atom stereocenters. The smallest absolute Gasteiger partial charge is 0.185 e. The van der Waals surface area contributed by atoms with Gasteiger partial charge in [0.15, 0.2) is 5.82 Å². The molecular weight excluding hydrogens is 238 g/mol. The Morgan fingerprint density at radius 1 is 1.21 bits per heavy atom. The number of hydrogen-bond donors (Lipinski definition) is 1. The monoisotopic (exact) mass is 257 g/mol. The Balaban J connectivity index is 2.14. The van der Waals surface area contributed by atoms with Gasteiger partial charge < -0.3 is 5.32 Å². The van der Waals surface area contributed by atoms with Gasteiger partial charge in [0, 0.05) is 0 Å². The molecule has 2 heterocycles. The van der Waals surface area contributed by atoms with E-state index in [1.54, 1.807) is 4.80 Å². The third-order valence-electron chi connectivity index (χ3n) is 4.05. The molecule has 0 aliphatic carbocycles. The summed E-state index contributed by atoms with van der Waals surface area (Å²) in [6.07, 6.45) is 2.03. The minimum Gasteiger partial charge on any atom is -0.317 e. The van der Waals surface area contributed by atoms with Crippen LogP contribution in [0.15, 0.2) is 24.3 Å². The van der Waals surface area contributed by atoms with Crippen molar-refractivity contribution in [3.8, 4) is 0 Å². The van der Waals surface area contributed by atoms with Crippen LogP contribution in [0, 0.1) is 6.92 Å². The van der Waals surface area contributed by atoms with E-state index in [1.165, 1.54) is 11.1 Å². The van der Waals surface area contributed by atoms with E-state index in [4.69, 9.17) is 0 Å². The van der Waals surface area contributed by atoms with Crippen molar-refractivity contribution in [3.05, 3.63) is 41.2 Å². The third-order valence-corrected chi connectivity index (χ3v) is 4.05. The molecule has 100 valence electrons. The molecule has 0 saturated carbocycles. The Morgan fingerprint density at radius 2 is 1.95 bits per heavy atom. The lowest BCUT2D eigenvalue weighted by Gasteiger charge is -2.36. The van der Waals surface area contributed by atoms with Crippen LogP contribution in [0.1, 0.15) is 29.8 Å². The van der Waals surface area contributed by atoms with Crippen LogP contribution in [0.2, 0.25) is 0 Å². The molecule has 1 aliphatic rings. The number of nitrogens with one attached hydrogen (secondary N) is 1. The van der Waals surface area contributed by atoms with Crippen LogP contribution >= 0.6 is 0 Å². The number of tetrazole rings is 1. The van der Waals surface area contributed by atoms with Crippen molar-refractivity contribution >= 4 is 0 Å². The Bertz CT molecular complexity index is 569. The molecule has 0 bridgehead atoms. The van der Waals surface area contributed by atoms with Gasteiger partial charge in [-0.1, -0.05) is 24.3 Å². The van der Waals surface area contributed by atoms with Crippen LogP contribution < -0.4 is 5.32 Å². The van der Waals surface area contributed by atoms with E-state index in [9.17, 15) is 0 Å².